The van der Waals surface area contributed by atoms with Crippen LogP contribution in [-0.4, -0.2) is 22.8 Å². The molecule has 1 aliphatic carbocycles. The van der Waals surface area contributed by atoms with Gasteiger partial charge >= 0.3 is 5.97 Å². The van der Waals surface area contributed by atoms with E-state index in [2.05, 4.69) is 58.3 Å². The van der Waals surface area contributed by atoms with Gasteiger partial charge in [-0.15, -0.1) is 0 Å². The number of rotatable bonds is 4. The van der Waals surface area contributed by atoms with Crippen LogP contribution in [0.15, 0.2) is 35.4 Å². The lowest BCUT2D eigenvalue weighted by Gasteiger charge is -2.42. The Bertz CT molecular complexity index is 886. The van der Waals surface area contributed by atoms with Crippen molar-refractivity contribution in [3.63, 3.8) is 0 Å². The SMILES string of the molecule is C=C(C(=O)O)C1(CC)C=C(c2cc3c(cc2C)C(C)(C)CCC3(C)C)C=N1. The smallest absolute Gasteiger partial charge is 0.333 e. The van der Waals surface area contributed by atoms with Crippen LogP contribution in [0.2, 0.25) is 0 Å². The summed E-state index contributed by atoms with van der Waals surface area (Å²) in [5.41, 5.74) is 5.81. The molecule has 3 heteroatoms. The summed E-state index contributed by atoms with van der Waals surface area (Å²) >= 11 is 0. The largest absolute Gasteiger partial charge is 0.478 e. The molecular weight excluding hydrogens is 334 g/mol. The Labute approximate surface area is 162 Å². The maximum absolute atomic E-state index is 11.5. The minimum Gasteiger partial charge on any atom is -0.478 e. The van der Waals surface area contributed by atoms with Crippen LogP contribution in [0, 0.1) is 6.92 Å². The maximum Gasteiger partial charge on any atom is 0.333 e. The van der Waals surface area contributed by atoms with E-state index in [0.29, 0.717) is 6.42 Å². The number of carbonyl (C=O) groups is 1. The van der Waals surface area contributed by atoms with Crippen LogP contribution in [0.1, 0.15) is 76.1 Å². The van der Waals surface area contributed by atoms with Crippen molar-refractivity contribution >= 4 is 17.8 Å². The van der Waals surface area contributed by atoms with Crippen LogP contribution < -0.4 is 0 Å². The lowest BCUT2D eigenvalue weighted by atomic mass is 9.62. The van der Waals surface area contributed by atoms with Gasteiger partial charge in [-0.2, -0.15) is 0 Å². The van der Waals surface area contributed by atoms with Gasteiger partial charge in [0.15, 0.2) is 0 Å². The molecule has 1 aromatic carbocycles. The normalized spacial score (nSPS) is 25.0. The Morgan fingerprint density at radius 3 is 2.22 bits per heavy atom. The van der Waals surface area contributed by atoms with E-state index >= 15 is 0 Å². The van der Waals surface area contributed by atoms with Crippen LogP contribution in [0.3, 0.4) is 0 Å². The van der Waals surface area contributed by atoms with Crippen molar-refractivity contribution in [1.82, 2.24) is 0 Å². The standard InChI is InChI=1S/C24H31NO2/c1-8-24(16(3)21(26)27)13-17(14-25-24)18-12-20-19(11-15(18)2)22(4,5)9-10-23(20,6)7/h11-14H,3,8-10H2,1-2,4-7H3,(H,26,27). The van der Waals surface area contributed by atoms with Crippen molar-refractivity contribution in [3.8, 4) is 0 Å². The summed E-state index contributed by atoms with van der Waals surface area (Å²) in [6.07, 6.45) is 6.75. The van der Waals surface area contributed by atoms with Crippen LogP contribution in [-0.2, 0) is 15.6 Å². The Hall–Kier alpha value is -2.16. The molecule has 0 bridgehead atoms. The molecular formula is C24H31NO2. The fraction of sp³-hybridized carbons (Fsp3) is 0.500. The second-order valence-corrected chi connectivity index (χ2v) is 9.40. The molecule has 0 radical (unpaired) electrons. The number of carboxylic acids is 1. The summed E-state index contributed by atoms with van der Waals surface area (Å²) in [5.74, 6) is -0.989. The summed E-state index contributed by atoms with van der Waals surface area (Å²) in [4.78, 5) is 16.1. The zero-order chi connectivity index (χ0) is 20.2. The minimum absolute atomic E-state index is 0.133. The van der Waals surface area contributed by atoms with Gasteiger partial charge in [0, 0.05) is 6.21 Å². The highest BCUT2D eigenvalue weighted by Crippen LogP contribution is 2.47. The number of nitrogens with zero attached hydrogens (tertiary/aromatic N) is 1. The summed E-state index contributed by atoms with van der Waals surface area (Å²) in [5, 5.41) is 9.43. The lowest BCUT2D eigenvalue weighted by Crippen LogP contribution is -2.34. The zero-order valence-corrected chi connectivity index (χ0v) is 17.4. The Morgan fingerprint density at radius 1 is 1.15 bits per heavy atom. The maximum atomic E-state index is 11.5. The first-order chi connectivity index (χ1) is 12.4. The first-order valence-corrected chi connectivity index (χ1v) is 9.80. The predicted octanol–water partition coefficient (Wildman–Crippen LogP) is 5.60. The number of benzene rings is 1. The van der Waals surface area contributed by atoms with Crippen molar-refractivity contribution in [2.75, 3.05) is 0 Å². The van der Waals surface area contributed by atoms with E-state index in [1.165, 1.54) is 23.1 Å². The van der Waals surface area contributed by atoms with Crippen LogP contribution in [0.4, 0.5) is 0 Å². The number of aliphatic carboxylic acids is 1. The highest BCUT2D eigenvalue weighted by molar-refractivity contribution is 6.14. The molecule has 0 aromatic heterocycles. The first-order valence-electron chi connectivity index (χ1n) is 9.80. The molecule has 1 heterocycles. The Balaban J connectivity index is 2.15. The summed E-state index contributed by atoms with van der Waals surface area (Å²) in [7, 11) is 0. The average Bonchev–Trinajstić information content (AvgIpc) is 3.03. The molecule has 27 heavy (non-hydrogen) atoms. The van der Waals surface area contributed by atoms with E-state index in [4.69, 9.17) is 0 Å². The van der Waals surface area contributed by atoms with Crippen molar-refractivity contribution in [3.05, 3.63) is 52.6 Å². The van der Waals surface area contributed by atoms with E-state index in [9.17, 15) is 9.90 Å². The molecule has 1 aliphatic heterocycles. The number of aliphatic imine (C=N–C) groups is 1. The molecule has 0 spiro atoms. The molecule has 0 saturated carbocycles. The van der Waals surface area contributed by atoms with E-state index < -0.39 is 11.5 Å². The van der Waals surface area contributed by atoms with E-state index in [0.717, 1.165) is 17.6 Å². The Kier molecular flexibility index (Phi) is 4.49. The van der Waals surface area contributed by atoms with Crippen LogP contribution in [0.25, 0.3) is 5.57 Å². The number of carboxylic acid groups (broad SMARTS) is 1. The van der Waals surface area contributed by atoms with Gasteiger partial charge in [0.2, 0.25) is 0 Å². The molecule has 144 valence electrons. The van der Waals surface area contributed by atoms with Crippen molar-refractivity contribution in [1.29, 1.82) is 0 Å². The number of allylic oxidation sites excluding steroid dienone is 1. The van der Waals surface area contributed by atoms with Gasteiger partial charge in [0.05, 0.1) is 5.57 Å². The van der Waals surface area contributed by atoms with Gasteiger partial charge in [-0.25, -0.2) is 4.79 Å². The quantitative estimate of drug-likeness (QED) is 0.706. The molecule has 1 atom stereocenters. The molecule has 1 N–H and O–H groups in total. The van der Waals surface area contributed by atoms with Crippen molar-refractivity contribution in [2.24, 2.45) is 4.99 Å². The summed E-state index contributed by atoms with van der Waals surface area (Å²) in [6.45, 7) is 17.2. The highest BCUT2D eigenvalue weighted by Gasteiger charge is 2.39. The zero-order valence-electron chi connectivity index (χ0n) is 17.4. The van der Waals surface area contributed by atoms with E-state index in [-0.39, 0.29) is 16.4 Å². The number of aryl methyl sites for hydroxylation is 1. The molecule has 3 nitrogen and oxygen atoms in total. The van der Waals surface area contributed by atoms with Gasteiger partial charge in [-0.1, -0.05) is 53.3 Å². The second-order valence-electron chi connectivity index (χ2n) is 9.40. The molecule has 0 fully saturated rings. The molecule has 1 aromatic rings. The third-order valence-electron chi connectivity index (χ3n) is 6.66. The van der Waals surface area contributed by atoms with Gasteiger partial charge in [0.25, 0.3) is 0 Å². The number of fused-ring (bicyclic) bond motifs is 1. The molecule has 3 rings (SSSR count). The van der Waals surface area contributed by atoms with Crippen molar-refractivity contribution in [2.45, 2.75) is 77.2 Å². The highest BCUT2D eigenvalue weighted by atomic mass is 16.4. The number of hydrogen-bond acceptors (Lipinski definition) is 2. The lowest BCUT2D eigenvalue weighted by molar-refractivity contribution is -0.133. The van der Waals surface area contributed by atoms with Gasteiger partial charge in [-0.05, 0) is 70.9 Å². The third-order valence-corrected chi connectivity index (χ3v) is 6.66. The molecule has 1 unspecified atom stereocenters. The van der Waals surface area contributed by atoms with E-state index in [1.807, 2.05) is 19.2 Å². The van der Waals surface area contributed by atoms with Crippen LogP contribution >= 0.6 is 0 Å². The van der Waals surface area contributed by atoms with Crippen molar-refractivity contribution < 1.29 is 9.90 Å². The minimum atomic E-state index is -0.989. The van der Waals surface area contributed by atoms with Gasteiger partial charge in [0.1, 0.15) is 5.54 Å². The van der Waals surface area contributed by atoms with Crippen LogP contribution in [0.5, 0.6) is 0 Å². The van der Waals surface area contributed by atoms with Gasteiger partial charge in [-0.3, -0.25) is 4.99 Å². The monoisotopic (exact) mass is 365 g/mol. The molecule has 0 amide bonds. The predicted molar refractivity (Wildman–Crippen MR) is 113 cm³/mol. The van der Waals surface area contributed by atoms with Gasteiger partial charge < -0.3 is 5.11 Å². The molecule has 0 saturated heterocycles. The first kappa shape index (κ1) is 19.6. The Morgan fingerprint density at radius 2 is 1.70 bits per heavy atom. The fourth-order valence-electron chi connectivity index (χ4n) is 4.45. The van der Waals surface area contributed by atoms with E-state index in [1.54, 1.807) is 0 Å². The third kappa shape index (κ3) is 3.07. The second kappa shape index (κ2) is 6.19. The molecule has 2 aliphatic rings. The topological polar surface area (TPSA) is 49.7 Å². The summed E-state index contributed by atoms with van der Waals surface area (Å²) in [6, 6.07) is 4.65. The summed E-state index contributed by atoms with van der Waals surface area (Å²) < 4.78 is 0. The fourth-order valence-corrected chi connectivity index (χ4v) is 4.45. The number of hydrogen-bond donors (Lipinski definition) is 1. The average molecular weight is 366 g/mol.